The molecule has 5 nitrogen and oxygen atoms in total. The second kappa shape index (κ2) is 7.60. The van der Waals surface area contributed by atoms with E-state index in [-0.39, 0.29) is 6.42 Å². The summed E-state index contributed by atoms with van der Waals surface area (Å²) in [6.07, 6.45) is 1.32. The van der Waals surface area contributed by atoms with Crippen molar-refractivity contribution in [2.75, 3.05) is 52.9 Å². The van der Waals surface area contributed by atoms with Gasteiger partial charge in [0.2, 0.25) is 0 Å². The van der Waals surface area contributed by atoms with E-state index in [4.69, 9.17) is 5.11 Å². The second-order valence-electron chi connectivity index (χ2n) is 4.39. The van der Waals surface area contributed by atoms with E-state index in [0.29, 0.717) is 6.54 Å². The molecule has 0 amide bonds. The first-order valence-corrected chi connectivity index (χ1v) is 6.02. The maximum atomic E-state index is 10.3. The van der Waals surface area contributed by atoms with Crippen LogP contribution in [0, 0.1) is 0 Å². The highest BCUT2D eigenvalue weighted by Crippen LogP contribution is 1.99. The molecule has 0 aromatic heterocycles. The van der Waals surface area contributed by atoms with Gasteiger partial charge in [-0.3, -0.25) is 4.79 Å². The van der Waals surface area contributed by atoms with Gasteiger partial charge in [-0.15, -0.1) is 0 Å². The van der Waals surface area contributed by atoms with Crippen molar-refractivity contribution in [3.05, 3.63) is 0 Å². The fraction of sp³-hybridized carbons (Fsp3) is 0.909. The number of carboxylic acids is 1. The van der Waals surface area contributed by atoms with Crippen LogP contribution in [0.1, 0.15) is 12.8 Å². The Bertz CT molecular complexity index is 203. The van der Waals surface area contributed by atoms with Crippen molar-refractivity contribution in [3.63, 3.8) is 0 Å². The number of carbonyl (C=O) groups is 1. The minimum Gasteiger partial charge on any atom is -0.481 e. The summed E-state index contributed by atoms with van der Waals surface area (Å²) in [5.74, 6) is -0.730. The first-order valence-electron chi connectivity index (χ1n) is 6.02. The average Bonchev–Trinajstić information content (AvgIpc) is 2.25. The molecule has 1 heterocycles. The third-order valence-electron chi connectivity index (χ3n) is 2.94. The summed E-state index contributed by atoms with van der Waals surface area (Å²) in [5.41, 5.74) is 0. The average molecular weight is 229 g/mol. The molecule has 0 saturated carbocycles. The highest BCUT2D eigenvalue weighted by Gasteiger charge is 2.12. The Morgan fingerprint density at radius 3 is 2.56 bits per heavy atom. The third kappa shape index (κ3) is 6.05. The molecular formula is C11H23N3O2. The highest BCUT2D eigenvalue weighted by molar-refractivity contribution is 5.66. The van der Waals surface area contributed by atoms with Crippen LogP contribution < -0.4 is 5.32 Å². The largest absolute Gasteiger partial charge is 0.481 e. The predicted molar refractivity (Wildman–Crippen MR) is 63.7 cm³/mol. The van der Waals surface area contributed by atoms with Crippen molar-refractivity contribution in [2.24, 2.45) is 0 Å². The number of likely N-dealkylation sites (N-methyl/N-ethyl adjacent to an activating group) is 1. The van der Waals surface area contributed by atoms with Gasteiger partial charge in [0.15, 0.2) is 0 Å². The van der Waals surface area contributed by atoms with Crippen molar-refractivity contribution < 1.29 is 9.90 Å². The topological polar surface area (TPSA) is 55.8 Å². The molecule has 2 N–H and O–H groups in total. The fourth-order valence-corrected chi connectivity index (χ4v) is 1.82. The van der Waals surface area contributed by atoms with Crippen LogP contribution >= 0.6 is 0 Å². The molecule has 0 spiro atoms. The first-order chi connectivity index (χ1) is 7.68. The zero-order valence-electron chi connectivity index (χ0n) is 10.1. The quantitative estimate of drug-likeness (QED) is 0.586. The van der Waals surface area contributed by atoms with Gasteiger partial charge < -0.3 is 20.2 Å². The van der Waals surface area contributed by atoms with Crippen molar-refractivity contribution >= 4 is 5.97 Å². The summed E-state index contributed by atoms with van der Waals surface area (Å²) in [6, 6.07) is 0. The lowest BCUT2D eigenvalue weighted by molar-refractivity contribution is -0.136. The van der Waals surface area contributed by atoms with Crippen LogP contribution in [0.25, 0.3) is 0 Å². The molecule has 1 saturated heterocycles. The number of carboxylic acid groups (broad SMARTS) is 1. The summed E-state index contributed by atoms with van der Waals surface area (Å²) in [4.78, 5) is 15.1. The normalized spacial score (nSPS) is 18.8. The van der Waals surface area contributed by atoms with E-state index < -0.39 is 5.97 Å². The Hall–Kier alpha value is -0.650. The van der Waals surface area contributed by atoms with Crippen LogP contribution in [0.2, 0.25) is 0 Å². The van der Waals surface area contributed by atoms with E-state index >= 15 is 0 Å². The Balaban J connectivity index is 1.89. The molecule has 16 heavy (non-hydrogen) atoms. The van der Waals surface area contributed by atoms with Crippen LogP contribution in [0.15, 0.2) is 0 Å². The van der Waals surface area contributed by atoms with Crippen molar-refractivity contribution in [1.29, 1.82) is 0 Å². The molecule has 5 heteroatoms. The van der Waals surface area contributed by atoms with E-state index in [1.807, 2.05) is 0 Å². The van der Waals surface area contributed by atoms with E-state index in [9.17, 15) is 4.79 Å². The number of hydrogen-bond donors (Lipinski definition) is 2. The molecule has 0 aromatic rings. The zero-order chi connectivity index (χ0) is 11.8. The molecule has 0 unspecified atom stereocenters. The van der Waals surface area contributed by atoms with Crippen LogP contribution in [0.4, 0.5) is 0 Å². The molecule has 94 valence electrons. The number of nitrogens with zero attached hydrogens (tertiary/aromatic N) is 2. The van der Waals surface area contributed by atoms with Gasteiger partial charge in [-0.2, -0.15) is 0 Å². The molecule has 1 rings (SSSR count). The second-order valence-corrected chi connectivity index (χ2v) is 4.39. The van der Waals surface area contributed by atoms with E-state index in [1.54, 1.807) is 0 Å². The third-order valence-corrected chi connectivity index (χ3v) is 2.94. The van der Waals surface area contributed by atoms with Crippen molar-refractivity contribution in [2.45, 2.75) is 12.8 Å². The summed E-state index contributed by atoms with van der Waals surface area (Å²) < 4.78 is 0. The first kappa shape index (κ1) is 13.4. The lowest BCUT2D eigenvalue weighted by Gasteiger charge is -2.32. The lowest BCUT2D eigenvalue weighted by atomic mass is 10.3. The monoisotopic (exact) mass is 229 g/mol. The van der Waals surface area contributed by atoms with Crippen LogP contribution in [0.3, 0.4) is 0 Å². The van der Waals surface area contributed by atoms with Gasteiger partial charge in [0.1, 0.15) is 0 Å². The maximum absolute atomic E-state index is 10.3. The molecule has 1 fully saturated rings. The number of piperazine rings is 1. The molecule has 0 aromatic carbocycles. The summed E-state index contributed by atoms with van der Waals surface area (Å²) in [7, 11) is 2.16. The summed E-state index contributed by atoms with van der Waals surface area (Å²) in [6.45, 7) is 7.25. The van der Waals surface area contributed by atoms with Crippen LogP contribution in [0.5, 0.6) is 0 Å². The van der Waals surface area contributed by atoms with E-state index in [0.717, 1.165) is 45.7 Å². The molecule has 0 bridgehead atoms. The Morgan fingerprint density at radius 2 is 1.94 bits per heavy atom. The van der Waals surface area contributed by atoms with Crippen molar-refractivity contribution in [3.8, 4) is 0 Å². The Kier molecular flexibility index (Phi) is 6.37. The Labute approximate surface area is 97.4 Å². The number of nitrogens with one attached hydrogen (secondary N) is 1. The highest BCUT2D eigenvalue weighted by atomic mass is 16.4. The minimum atomic E-state index is -0.730. The number of aliphatic carboxylic acids is 1. The SMILES string of the molecule is CN1CCN(CCCNCCC(=O)O)CC1. The van der Waals surface area contributed by atoms with Crippen LogP contribution in [-0.4, -0.2) is 73.7 Å². The van der Waals surface area contributed by atoms with Gasteiger partial charge in [-0.05, 0) is 26.6 Å². The van der Waals surface area contributed by atoms with Crippen LogP contribution in [-0.2, 0) is 4.79 Å². The van der Waals surface area contributed by atoms with E-state index in [1.165, 1.54) is 0 Å². The smallest absolute Gasteiger partial charge is 0.304 e. The van der Waals surface area contributed by atoms with E-state index in [2.05, 4.69) is 22.2 Å². The van der Waals surface area contributed by atoms with Gasteiger partial charge in [0, 0.05) is 32.7 Å². The Morgan fingerprint density at radius 1 is 1.25 bits per heavy atom. The fourth-order valence-electron chi connectivity index (χ4n) is 1.82. The standard InChI is InChI=1S/C11H23N3O2/c1-13-7-9-14(10-8-13)6-2-4-12-5-3-11(15)16/h12H,2-10H2,1H3,(H,15,16). The number of rotatable bonds is 7. The minimum absolute atomic E-state index is 0.217. The zero-order valence-corrected chi connectivity index (χ0v) is 10.1. The molecule has 0 radical (unpaired) electrons. The predicted octanol–water partition coefficient (Wildman–Crippen LogP) is -0.312. The lowest BCUT2D eigenvalue weighted by Crippen LogP contribution is -2.45. The van der Waals surface area contributed by atoms with Gasteiger partial charge in [0.05, 0.1) is 6.42 Å². The maximum Gasteiger partial charge on any atom is 0.304 e. The molecule has 0 aliphatic carbocycles. The van der Waals surface area contributed by atoms with Gasteiger partial charge in [-0.25, -0.2) is 0 Å². The molecule has 1 aliphatic heterocycles. The molecular weight excluding hydrogens is 206 g/mol. The van der Waals surface area contributed by atoms with Gasteiger partial charge >= 0.3 is 5.97 Å². The molecule has 1 aliphatic rings. The summed E-state index contributed by atoms with van der Waals surface area (Å²) in [5, 5.41) is 11.6. The van der Waals surface area contributed by atoms with Gasteiger partial charge in [0.25, 0.3) is 0 Å². The summed E-state index contributed by atoms with van der Waals surface area (Å²) >= 11 is 0. The van der Waals surface area contributed by atoms with Gasteiger partial charge in [-0.1, -0.05) is 0 Å². The van der Waals surface area contributed by atoms with Crippen molar-refractivity contribution in [1.82, 2.24) is 15.1 Å². The number of hydrogen-bond acceptors (Lipinski definition) is 4. The molecule has 0 atom stereocenters.